The minimum absolute atomic E-state index is 0.0226. The highest BCUT2D eigenvalue weighted by molar-refractivity contribution is 7.97. The van der Waals surface area contributed by atoms with Gasteiger partial charge in [0.1, 0.15) is 16.7 Å². The molecule has 3 aliphatic rings. The second-order valence-corrected chi connectivity index (χ2v) is 11.9. The second kappa shape index (κ2) is 9.52. The largest absolute Gasteiger partial charge is 0.351 e. The summed E-state index contributed by atoms with van der Waals surface area (Å²) in [5.41, 5.74) is 1.77. The van der Waals surface area contributed by atoms with Gasteiger partial charge < -0.3 is 9.62 Å². The number of pyridine rings is 1. The SMILES string of the molecule is C=C1NSc2ccn(n2)CCCC2CN(c3nc(N4CCC(C(C)CC)C4=O)ccc31)C(C)(C)C2. The fourth-order valence-corrected chi connectivity index (χ4v) is 6.57. The fraction of sp³-hybridized carbons (Fsp3) is 0.593. The molecule has 0 aliphatic carbocycles. The van der Waals surface area contributed by atoms with Gasteiger partial charge in [-0.25, -0.2) is 4.98 Å². The van der Waals surface area contributed by atoms with Crippen molar-refractivity contribution in [2.75, 3.05) is 22.9 Å². The van der Waals surface area contributed by atoms with Crippen molar-refractivity contribution in [3.05, 3.63) is 36.5 Å². The van der Waals surface area contributed by atoms with Crippen LogP contribution in [0.15, 0.2) is 36.0 Å². The Bertz CT molecular complexity index is 1110. The minimum Gasteiger partial charge on any atom is -0.351 e. The standard InChI is InChI=1S/C27H38N6OS/c1-6-18(2)21-11-15-32(26(21)34)23-10-9-22-19(3)30-35-24-12-14-31(29-24)13-7-8-20-16-27(4,5)33(17-20)25(22)28-23/h9-10,12,14,18,20-21,30H,3,6-8,11,13,15-17H2,1-2,4-5H3. The maximum absolute atomic E-state index is 13.3. The summed E-state index contributed by atoms with van der Waals surface area (Å²) < 4.78 is 5.44. The van der Waals surface area contributed by atoms with E-state index in [2.05, 4.69) is 61.3 Å². The van der Waals surface area contributed by atoms with Crippen LogP contribution in [0.5, 0.6) is 0 Å². The van der Waals surface area contributed by atoms with Gasteiger partial charge in [0.2, 0.25) is 5.91 Å². The fourth-order valence-electron chi connectivity index (χ4n) is 5.96. The van der Waals surface area contributed by atoms with E-state index in [1.54, 1.807) is 0 Å². The normalized spacial score (nSPS) is 25.3. The Morgan fingerprint density at radius 3 is 2.89 bits per heavy atom. The molecule has 8 heteroatoms. The number of aromatic nitrogens is 3. The Morgan fingerprint density at radius 2 is 2.09 bits per heavy atom. The molecule has 4 bridgehead atoms. The highest BCUT2D eigenvalue weighted by Crippen LogP contribution is 2.42. The summed E-state index contributed by atoms with van der Waals surface area (Å²) in [6, 6.07) is 6.12. The Hall–Kier alpha value is -2.48. The first-order valence-corrected chi connectivity index (χ1v) is 13.8. The zero-order valence-corrected chi connectivity index (χ0v) is 22.3. The number of carbonyl (C=O) groups excluding carboxylic acids is 1. The van der Waals surface area contributed by atoms with Crippen LogP contribution in [0.3, 0.4) is 0 Å². The van der Waals surface area contributed by atoms with Gasteiger partial charge in [-0.3, -0.25) is 14.4 Å². The van der Waals surface area contributed by atoms with E-state index in [4.69, 9.17) is 4.98 Å². The number of fused-ring (bicyclic) bond motifs is 6. The summed E-state index contributed by atoms with van der Waals surface area (Å²) in [6.07, 6.45) is 7.38. The zero-order chi connectivity index (χ0) is 24.7. The van der Waals surface area contributed by atoms with Crippen molar-refractivity contribution in [1.29, 1.82) is 0 Å². The first-order chi connectivity index (χ1) is 16.8. The molecule has 5 heterocycles. The monoisotopic (exact) mass is 494 g/mol. The van der Waals surface area contributed by atoms with E-state index in [1.807, 2.05) is 21.7 Å². The number of anilines is 2. The van der Waals surface area contributed by atoms with Crippen LogP contribution in [0.1, 0.15) is 65.4 Å². The molecular formula is C27H38N6OS. The molecule has 3 aliphatic heterocycles. The van der Waals surface area contributed by atoms with Gasteiger partial charge in [-0.1, -0.05) is 26.8 Å². The maximum atomic E-state index is 13.3. The van der Waals surface area contributed by atoms with Crippen LogP contribution in [-0.2, 0) is 11.3 Å². The van der Waals surface area contributed by atoms with E-state index in [1.165, 1.54) is 11.9 Å². The van der Waals surface area contributed by atoms with Crippen molar-refractivity contribution in [2.24, 2.45) is 17.8 Å². The van der Waals surface area contributed by atoms with Crippen LogP contribution < -0.4 is 14.5 Å². The molecule has 2 fully saturated rings. The molecule has 1 N–H and O–H groups in total. The molecule has 2 aromatic heterocycles. The van der Waals surface area contributed by atoms with E-state index < -0.39 is 0 Å². The predicted molar refractivity (Wildman–Crippen MR) is 143 cm³/mol. The number of aryl methyl sites for hydroxylation is 1. The van der Waals surface area contributed by atoms with Gasteiger partial charge in [-0.15, -0.1) is 0 Å². The Balaban J connectivity index is 1.51. The van der Waals surface area contributed by atoms with Crippen molar-refractivity contribution >= 4 is 35.2 Å². The third-order valence-corrected chi connectivity index (χ3v) is 8.93. The van der Waals surface area contributed by atoms with Crippen molar-refractivity contribution in [1.82, 2.24) is 19.5 Å². The zero-order valence-electron chi connectivity index (χ0n) is 21.5. The third kappa shape index (κ3) is 4.69. The number of rotatable bonds is 3. The molecule has 0 saturated carbocycles. The molecule has 5 rings (SSSR count). The summed E-state index contributed by atoms with van der Waals surface area (Å²) in [5, 5.41) is 5.61. The average Bonchev–Trinajstić information content (AvgIpc) is 3.53. The molecule has 3 atom stereocenters. The first-order valence-electron chi connectivity index (χ1n) is 13.0. The first kappa shape index (κ1) is 24.2. The van der Waals surface area contributed by atoms with Gasteiger partial charge in [0, 0.05) is 60.5 Å². The maximum Gasteiger partial charge on any atom is 0.231 e. The van der Waals surface area contributed by atoms with Crippen molar-refractivity contribution in [2.45, 2.75) is 76.9 Å². The molecule has 7 nitrogen and oxygen atoms in total. The molecule has 1 amide bonds. The lowest BCUT2D eigenvalue weighted by molar-refractivity contribution is -0.121. The number of nitrogens with one attached hydrogen (secondary N) is 1. The molecule has 0 spiro atoms. The highest BCUT2D eigenvalue weighted by atomic mass is 32.2. The van der Waals surface area contributed by atoms with Gasteiger partial charge in [-0.05, 0) is 69.6 Å². The molecule has 0 radical (unpaired) electrons. The van der Waals surface area contributed by atoms with Gasteiger partial charge in [-0.2, -0.15) is 5.10 Å². The minimum atomic E-state index is -0.0226. The molecule has 3 unspecified atom stereocenters. The quantitative estimate of drug-likeness (QED) is 0.581. The molecule has 2 aromatic rings. The molecule has 0 aromatic carbocycles. The van der Waals surface area contributed by atoms with E-state index in [0.717, 1.165) is 79.7 Å². The summed E-state index contributed by atoms with van der Waals surface area (Å²) in [7, 11) is 0. The van der Waals surface area contributed by atoms with E-state index in [9.17, 15) is 4.79 Å². The lowest BCUT2D eigenvalue weighted by atomic mass is 9.91. The number of hydrogen-bond acceptors (Lipinski definition) is 6. The summed E-state index contributed by atoms with van der Waals surface area (Å²) in [6.45, 7) is 16.0. The number of nitrogens with zero attached hydrogens (tertiary/aromatic N) is 5. The van der Waals surface area contributed by atoms with E-state index >= 15 is 0 Å². The molecular weight excluding hydrogens is 456 g/mol. The highest BCUT2D eigenvalue weighted by Gasteiger charge is 2.41. The van der Waals surface area contributed by atoms with Crippen LogP contribution in [0, 0.1) is 17.8 Å². The Labute approximate surface area is 213 Å². The summed E-state index contributed by atoms with van der Waals surface area (Å²) in [5.74, 6) is 2.99. The second-order valence-electron chi connectivity index (χ2n) is 11.0. The van der Waals surface area contributed by atoms with Crippen LogP contribution >= 0.6 is 11.9 Å². The van der Waals surface area contributed by atoms with Crippen molar-refractivity contribution < 1.29 is 4.79 Å². The summed E-state index contributed by atoms with van der Waals surface area (Å²) in [4.78, 5) is 22.8. The smallest absolute Gasteiger partial charge is 0.231 e. The topological polar surface area (TPSA) is 66.3 Å². The number of amides is 1. The molecule has 35 heavy (non-hydrogen) atoms. The molecule has 2 saturated heterocycles. The lowest BCUT2D eigenvalue weighted by Crippen LogP contribution is -2.40. The average molecular weight is 495 g/mol. The van der Waals surface area contributed by atoms with Crippen LogP contribution in [0.25, 0.3) is 5.70 Å². The Kier molecular flexibility index (Phi) is 6.59. The van der Waals surface area contributed by atoms with Crippen molar-refractivity contribution in [3.8, 4) is 0 Å². The third-order valence-electron chi connectivity index (χ3n) is 8.15. The predicted octanol–water partition coefficient (Wildman–Crippen LogP) is 5.34. The molecule has 188 valence electrons. The van der Waals surface area contributed by atoms with Gasteiger partial charge in [0.15, 0.2) is 0 Å². The van der Waals surface area contributed by atoms with Crippen molar-refractivity contribution in [3.63, 3.8) is 0 Å². The number of carbonyl (C=O) groups is 1. The van der Waals surface area contributed by atoms with Gasteiger partial charge in [0.25, 0.3) is 0 Å². The Morgan fingerprint density at radius 1 is 1.26 bits per heavy atom. The van der Waals surface area contributed by atoms with Crippen LogP contribution in [-0.4, -0.2) is 39.3 Å². The van der Waals surface area contributed by atoms with Crippen LogP contribution in [0.2, 0.25) is 0 Å². The number of hydrogen-bond donors (Lipinski definition) is 1. The van der Waals surface area contributed by atoms with Crippen LogP contribution in [0.4, 0.5) is 11.6 Å². The van der Waals surface area contributed by atoms with Gasteiger partial charge in [0.05, 0.1) is 0 Å². The van der Waals surface area contributed by atoms with E-state index in [-0.39, 0.29) is 17.4 Å². The lowest BCUT2D eigenvalue weighted by Gasteiger charge is -2.35. The summed E-state index contributed by atoms with van der Waals surface area (Å²) >= 11 is 1.48. The van der Waals surface area contributed by atoms with E-state index in [0.29, 0.717) is 11.8 Å². The van der Waals surface area contributed by atoms with Gasteiger partial charge >= 0.3 is 0 Å².